The fourth-order valence-electron chi connectivity index (χ4n) is 1.30. The summed E-state index contributed by atoms with van der Waals surface area (Å²) in [5.41, 5.74) is 1.27. The van der Waals surface area contributed by atoms with Crippen LogP contribution in [0.5, 0.6) is 5.75 Å². The summed E-state index contributed by atoms with van der Waals surface area (Å²) in [6.07, 6.45) is 0. The van der Waals surface area contributed by atoms with Crippen LogP contribution in [-0.4, -0.2) is 13.2 Å². The smallest absolute Gasteiger partial charge is 0.119 e. The van der Waals surface area contributed by atoms with Gasteiger partial charge in [-0.05, 0) is 30.5 Å². The molecule has 0 aliphatic rings. The van der Waals surface area contributed by atoms with Crippen molar-refractivity contribution in [2.45, 2.75) is 33.4 Å². The van der Waals surface area contributed by atoms with Crippen LogP contribution in [0.1, 0.15) is 26.3 Å². The number of ether oxygens (including phenoxy) is 1. The van der Waals surface area contributed by atoms with Crippen LogP contribution < -0.4 is 10.1 Å². The van der Waals surface area contributed by atoms with Gasteiger partial charge in [-0.25, -0.2) is 0 Å². The molecule has 0 saturated heterocycles. The topological polar surface area (TPSA) is 21.3 Å². The van der Waals surface area contributed by atoms with E-state index < -0.39 is 0 Å². The molecule has 0 aliphatic heterocycles. The lowest BCUT2D eigenvalue weighted by molar-refractivity contribution is 0.411. The lowest BCUT2D eigenvalue weighted by Gasteiger charge is -2.17. The molecule has 1 rings (SSSR count). The Labute approximate surface area is 92.6 Å². The lowest BCUT2D eigenvalue weighted by atomic mass is 10.1. The van der Waals surface area contributed by atoms with Gasteiger partial charge in [-0.15, -0.1) is 0 Å². The molecule has 0 fully saturated rings. The third kappa shape index (κ3) is 3.92. The molecule has 2 nitrogen and oxygen atoms in total. The van der Waals surface area contributed by atoms with E-state index in [2.05, 4.69) is 38.2 Å². The van der Waals surface area contributed by atoms with Crippen molar-refractivity contribution in [2.75, 3.05) is 7.11 Å². The second kappa shape index (κ2) is 5.76. The van der Waals surface area contributed by atoms with Gasteiger partial charge in [0.25, 0.3) is 0 Å². The average molecular weight is 207 g/mol. The highest BCUT2D eigenvalue weighted by Crippen LogP contribution is 2.12. The number of nitrogens with one attached hydrogen (secondary N) is 1. The van der Waals surface area contributed by atoms with Gasteiger partial charge in [0.05, 0.1) is 7.11 Å². The molecule has 0 aliphatic carbocycles. The minimum Gasteiger partial charge on any atom is -0.497 e. The summed E-state index contributed by atoms with van der Waals surface area (Å²) in [7, 11) is 1.70. The van der Waals surface area contributed by atoms with Gasteiger partial charge in [-0.2, -0.15) is 0 Å². The number of rotatable bonds is 5. The van der Waals surface area contributed by atoms with Crippen LogP contribution in [0.25, 0.3) is 0 Å². The summed E-state index contributed by atoms with van der Waals surface area (Å²) in [5.74, 6) is 1.59. The fourth-order valence-corrected chi connectivity index (χ4v) is 1.30. The van der Waals surface area contributed by atoms with Crippen LogP contribution in [0.2, 0.25) is 0 Å². The quantitative estimate of drug-likeness (QED) is 0.801. The molecule has 0 aromatic heterocycles. The summed E-state index contributed by atoms with van der Waals surface area (Å²) >= 11 is 0. The van der Waals surface area contributed by atoms with Gasteiger partial charge in [0.1, 0.15) is 5.75 Å². The van der Waals surface area contributed by atoms with Crippen molar-refractivity contribution in [3.05, 3.63) is 29.8 Å². The molecule has 1 aromatic rings. The molecule has 0 heterocycles. The number of hydrogen-bond donors (Lipinski definition) is 1. The van der Waals surface area contributed by atoms with E-state index in [0.29, 0.717) is 12.0 Å². The maximum absolute atomic E-state index is 5.18. The molecule has 2 heteroatoms. The van der Waals surface area contributed by atoms with Gasteiger partial charge < -0.3 is 10.1 Å². The zero-order valence-corrected chi connectivity index (χ0v) is 10.1. The van der Waals surface area contributed by atoms with Crippen LogP contribution in [0, 0.1) is 5.92 Å². The molecule has 0 amide bonds. The van der Waals surface area contributed by atoms with Gasteiger partial charge in [0.15, 0.2) is 0 Å². The number of hydrogen-bond acceptors (Lipinski definition) is 2. The molecular formula is C13H21NO. The van der Waals surface area contributed by atoms with Gasteiger partial charge in [-0.1, -0.05) is 26.0 Å². The second-order valence-corrected chi connectivity index (χ2v) is 4.27. The van der Waals surface area contributed by atoms with Crippen LogP contribution in [0.15, 0.2) is 24.3 Å². The van der Waals surface area contributed by atoms with Gasteiger partial charge >= 0.3 is 0 Å². The Morgan fingerprint density at radius 3 is 2.60 bits per heavy atom. The van der Waals surface area contributed by atoms with Crippen molar-refractivity contribution in [3.8, 4) is 5.75 Å². The maximum Gasteiger partial charge on any atom is 0.119 e. The Kier molecular flexibility index (Phi) is 4.63. The zero-order valence-electron chi connectivity index (χ0n) is 10.1. The first-order chi connectivity index (χ1) is 7.13. The van der Waals surface area contributed by atoms with E-state index in [1.54, 1.807) is 7.11 Å². The van der Waals surface area contributed by atoms with Crippen molar-refractivity contribution in [2.24, 2.45) is 5.92 Å². The first kappa shape index (κ1) is 12.1. The second-order valence-electron chi connectivity index (χ2n) is 4.27. The highest BCUT2D eigenvalue weighted by Gasteiger charge is 2.05. The average Bonchev–Trinajstić information content (AvgIpc) is 2.26. The third-order valence-corrected chi connectivity index (χ3v) is 2.76. The molecule has 0 bridgehead atoms. The van der Waals surface area contributed by atoms with E-state index >= 15 is 0 Å². The van der Waals surface area contributed by atoms with Crippen LogP contribution in [0.4, 0.5) is 0 Å². The van der Waals surface area contributed by atoms with Crippen LogP contribution in [-0.2, 0) is 6.54 Å². The minimum atomic E-state index is 0.538. The predicted molar refractivity (Wildman–Crippen MR) is 64.1 cm³/mol. The van der Waals surface area contributed by atoms with Crippen molar-refractivity contribution < 1.29 is 4.74 Å². The van der Waals surface area contributed by atoms with Gasteiger partial charge in [0.2, 0.25) is 0 Å². The molecule has 0 spiro atoms. The number of benzene rings is 1. The summed E-state index contributed by atoms with van der Waals surface area (Å²) in [6, 6.07) is 8.71. The highest BCUT2D eigenvalue weighted by atomic mass is 16.5. The van der Waals surface area contributed by atoms with Crippen molar-refractivity contribution in [3.63, 3.8) is 0 Å². The Bertz CT molecular complexity index is 296. The van der Waals surface area contributed by atoms with Crippen molar-refractivity contribution in [1.29, 1.82) is 0 Å². The van der Waals surface area contributed by atoms with E-state index in [1.165, 1.54) is 5.56 Å². The van der Waals surface area contributed by atoms with Crippen LogP contribution >= 0.6 is 0 Å². The Balaban J connectivity index is 2.50. The first-order valence-electron chi connectivity index (χ1n) is 5.49. The normalized spacial score (nSPS) is 12.9. The van der Waals surface area contributed by atoms with Gasteiger partial charge in [0, 0.05) is 12.6 Å². The molecule has 84 valence electrons. The molecule has 0 radical (unpaired) electrons. The first-order valence-corrected chi connectivity index (χ1v) is 5.49. The summed E-state index contributed by atoms with van der Waals surface area (Å²) in [5, 5.41) is 3.49. The summed E-state index contributed by atoms with van der Waals surface area (Å²) in [6.45, 7) is 7.56. The molecule has 0 saturated carbocycles. The highest BCUT2D eigenvalue weighted by molar-refractivity contribution is 5.28. The Morgan fingerprint density at radius 1 is 1.27 bits per heavy atom. The molecule has 15 heavy (non-hydrogen) atoms. The standard InChI is InChI=1S/C13H21NO/c1-10(2)11(3)14-9-12-6-5-7-13(8-12)15-4/h5-8,10-11,14H,9H2,1-4H3/t11-/m0/s1. The lowest BCUT2D eigenvalue weighted by Crippen LogP contribution is -2.30. The maximum atomic E-state index is 5.18. The summed E-state index contributed by atoms with van der Waals surface area (Å²) in [4.78, 5) is 0. The molecule has 1 N–H and O–H groups in total. The summed E-state index contributed by atoms with van der Waals surface area (Å²) < 4.78 is 5.18. The monoisotopic (exact) mass is 207 g/mol. The van der Waals surface area contributed by atoms with Crippen molar-refractivity contribution >= 4 is 0 Å². The number of methoxy groups -OCH3 is 1. The SMILES string of the molecule is COc1cccc(CN[C@@H](C)C(C)C)c1. The van der Waals surface area contributed by atoms with Gasteiger partial charge in [-0.3, -0.25) is 0 Å². The Morgan fingerprint density at radius 2 is 2.00 bits per heavy atom. The fraction of sp³-hybridized carbons (Fsp3) is 0.538. The predicted octanol–water partition coefficient (Wildman–Crippen LogP) is 2.83. The molecule has 0 unspecified atom stereocenters. The van der Waals surface area contributed by atoms with Crippen LogP contribution in [0.3, 0.4) is 0 Å². The Hall–Kier alpha value is -1.02. The van der Waals surface area contributed by atoms with Crippen molar-refractivity contribution in [1.82, 2.24) is 5.32 Å². The van der Waals surface area contributed by atoms with E-state index in [4.69, 9.17) is 4.74 Å². The van der Waals surface area contributed by atoms with E-state index in [0.717, 1.165) is 12.3 Å². The van der Waals surface area contributed by atoms with E-state index in [-0.39, 0.29) is 0 Å². The largest absolute Gasteiger partial charge is 0.497 e. The minimum absolute atomic E-state index is 0.538. The molecule has 1 aromatic carbocycles. The zero-order chi connectivity index (χ0) is 11.3. The van der Waals surface area contributed by atoms with E-state index in [1.807, 2.05) is 12.1 Å². The third-order valence-electron chi connectivity index (χ3n) is 2.76. The molecular weight excluding hydrogens is 186 g/mol. The molecule has 1 atom stereocenters. The van der Waals surface area contributed by atoms with E-state index in [9.17, 15) is 0 Å².